The molecular formula is C15H25NO2. The van der Waals surface area contributed by atoms with Gasteiger partial charge >= 0.3 is 0 Å². The lowest BCUT2D eigenvalue weighted by atomic mass is 10.1. The predicted octanol–water partition coefficient (Wildman–Crippen LogP) is 2.58. The number of rotatable bonds is 7. The molecule has 0 bridgehead atoms. The first-order valence-corrected chi connectivity index (χ1v) is 6.62. The molecule has 0 spiro atoms. The van der Waals surface area contributed by atoms with E-state index in [1.165, 1.54) is 5.56 Å². The average molecular weight is 251 g/mol. The molecule has 102 valence electrons. The van der Waals surface area contributed by atoms with Crippen LogP contribution < -0.4 is 10.1 Å². The summed E-state index contributed by atoms with van der Waals surface area (Å²) >= 11 is 0. The first kappa shape index (κ1) is 15.0. The van der Waals surface area contributed by atoms with Gasteiger partial charge in [-0.25, -0.2) is 0 Å². The number of ether oxygens (including phenoxy) is 1. The maximum Gasteiger partial charge on any atom is 0.119 e. The third-order valence-corrected chi connectivity index (χ3v) is 2.80. The molecule has 1 aromatic carbocycles. The van der Waals surface area contributed by atoms with E-state index >= 15 is 0 Å². The van der Waals surface area contributed by atoms with Crippen molar-refractivity contribution in [2.24, 2.45) is 5.92 Å². The molecule has 0 saturated carbocycles. The van der Waals surface area contributed by atoms with Gasteiger partial charge in [0.2, 0.25) is 0 Å². The number of hydrogen-bond donors (Lipinski definition) is 2. The zero-order valence-electron chi connectivity index (χ0n) is 11.8. The van der Waals surface area contributed by atoms with E-state index in [2.05, 4.69) is 25.2 Å². The summed E-state index contributed by atoms with van der Waals surface area (Å²) in [5, 5.41) is 13.1. The molecule has 1 unspecified atom stereocenters. The van der Waals surface area contributed by atoms with Gasteiger partial charge < -0.3 is 15.2 Å². The second-order valence-electron chi connectivity index (χ2n) is 5.31. The molecule has 18 heavy (non-hydrogen) atoms. The highest BCUT2D eigenvalue weighted by atomic mass is 16.5. The minimum Gasteiger partial charge on any atom is -0.491 e. The Hall–Kier alpha value is -1.06. The molecule has 0 aromatic heterocycles. The summed E-state index contributed by atoms with van der Waals surface area (Å²) in [5.41, 5.74) is 1.19. The summed E-state index contributed by atoms with van der Waals surface area (Å²) in [7, 11) is 0. The number of aliphatic hydroxyl groups excluding tert-OH is 1. The van der Waals surface area contributed by atoms with Crippen LogP contribution in [0.2, 0.25) is 0 Å². The Morgan fingerprint density at radius 2 is 1.94 bits per heavy atom. The highest BCUT2D eigenvalue weighted by Crippen LogP contribution is 2.14. The fourth-order valence-corrected chi connectivity index (χ4v) is 1.44. The van der Waals surface area contributed by atoms with Crippen molar-refractivity contribution < 1.29 is 9.84 Å². The Bertz CT molecular complexity index is 350. The number of nitrogens with one attached hydrogen (secondary N) is 1. The smallest absolute Gasteiger partial charge is 0.119 e. The van der Waals surface area contributed by atoms with E-state index in [0.717, 1.165) is 12.3 Å². The molecule has 2 N–H and O–H groups in total. The van der Waals surface area contributed by atoms with E-state index in [0.29, 0.717) is 12.6 Å². The zero-order valence-corrected chi connectivity index (χ0v) is 11.8. The van der Waals surface area contributed by atoms with Gasteiger partial charge in [-0.15, -0.1) is 0 Å². The van der Waals surface area contributed by atoms with Crippen LogP contribution in [0.4, 0.5) is 0 Å². The number of aliphatic hydroxyl groups is 1. The van der Waals surface area contributed by atoms with Crippen LogP contribution in [-0.2, 0) is 6.54 Å². The molecule has 0 saturated heterocycles. The van der Waals surface area contributed by atoms with Gasteiger partial charge in [0.05, 0.1) is 6.10 Å². The Morgan fingerprint density at radius 1 is 1.22 bits per heavy atom. The van der Waals surface area contributed by atoms with Gasteiger partial charge in [-0.3, -0.25) is 0 Å². The normalized spacial score (nSPS) is 13.1. The first-order chi connectivity index (χ1) is 8.49. The van der Waals surface area contributed by atoms with Crippen molar-refractivity contribution in [1.29, 1.82) is 0 Å². The van der Waals surface area contributed by atoms with Crippen molar-refractivity contribution in [3.63, 3.8) is 0 Å². The van der Waals surface area contributed by atoms with Gasteiger partial charge in [0.15, 0.2) is 0 Å². The van der Waals surface area contributed by atoms with Crippen molar-refractivity contribution in [1.82, 2.24) is 5.32 Å². The van der Waals surface area contributed by atoms with Gasteiger partial charge in [-0.2, -0.15) is 0 Å². The van der Waals surface area contributed by atoms with Crippen LogP contribution in [0.15, 0.2) is 24.3 Å². The fraction of sp³-hybridized carbons (Fsp3) is 0.600. The molecule has 0 heterocycles. The summed E-state index contributed by atoms with van der Waals surface area (Å²) in [6.45, 7) is 9.40. The summed E-state index contributed by atoms with van der Waals surface area (Å²) in [4.78, 5) is 0. The highest BCUT2D eigenvalue weighted by Gasteiger charge is 2.09. The average Bonchev–Trinajstić information content (AvgIpc) is 2.33. The van der Waals surface area contributed by atoms with Crippen LogP contribution >= 0.6 is 0 Å². The fourth-order valence-electron chi connectivity index (χ4n) is 1.44. The van der Waals surface area contributed by atoms with E-state index in [-0.39, 0.29) is 5.92 Å². The maximum absolute atomic E-state index is 9.70. The van der Waals surface area contributed by atoms with E-state index in [4.69, 9.17) is 4.74 Å². The summed E-state index contributed by atoms with van der Waals surface area (Å²) < 4.78 is 5.60. The topological polar surface area (TPSA) is 41.5 Å². The third-order valence-electron chi connectivity index (χ3n) is 2.80. The molecule has 3 nitrogen and oxygen atoms in total. The van der Waals surface area contributed by atoms with Crippen LogP contribution in [0.25, 0.3) is 0 Å². The van der Waals surface area contributed by atoms with Gasteiger partial charge in [0.1, 0.15) is 12.4 Å². The third kappa shape index (κ3) is 5.52. The van der Waals surface area contributed by atoms with Gasteiger partial charge in [-0.05, 0) is 23.6 Å². The molecular weight excluding hydrogens is 226 g/mol. The van der Waals surface area contributed by atoms with Crippen molar-refractivity contribution in [3.05, 3.63) is 29.8 Å². The van der Waals surface area contributed by atoms with Crippen molar-refractivity contribution in [2.45, 2.75) is 46.4 Å². The van der Waals surface area contributed by atoms with Crippen molar-refractivity contribution in [3.8, 4) is 5.75 Å². The Kier molecular flexibility index (Phi) is 6.16. The van der Waals surface area contributed by atoms with E-state index in [1.54, 1.807) is 0 Å². The van der Waals surface area contributed by atoms with E-state index in [1.807, 2.05) is 32.0 Å². The summed E-state index contributed by atoms with van der Waals surface area (Å²) in [6, 6.07) is 8.46. The van der Waals surface area contributed by atoms with Gasteiger partial charge in [-0.1, -0.05) is 39.8 Å². The van der Waals surface area contributed by atoms with Crippen LogP contribution in [0.3, 0.4) is 0 Å². The number of hydrogen-bond acceptors (Lipinski definition) is 3. The van der Waals surface area contributed by atoms with Crippen LogP contribution in [0, 0.1) is 5.92 Å². The largest absolute Gasteiger partial charge is 0.491 e. The number of benzene rings is 1. The maximum atomic E-state index is 9.70. The zero-order chi connectivity index (χ0) is 13.5. The van der Waals surface area contributed by atoms with Crippen molar-refractivity contribution >= 4 is 0 Å². The Morgan fingerprint density at radius 3 is 2.56 bits per heavy atom. The molecule has 0 aliphatic rings. The summed E-state index contributed by atoms with van der Waals surface area (Å²) in [5.74, 6) is 1.04. The molecule has 1 rings (SSSR count). The molecule has 0 fully saturated rings. The lowest BCUT2D eigenvalue weighted by Gasteiger charge is -2.16. The lowest BCUT2D eigenvalue weighted by Crippen LogP contribution is -2.23. The second kappa shape index (κ2) is 7.39. The van der Waals surface area contributed by atoms with Crippen LogP contribution in [-0.4, -0.2) is 23.9 Å². The quantitative estimate of drug-likeness (QED) is 0.782. The van der Waals surface area contributed by atoms with Gasteiger partial charge in [0.25, 0.3) is 0 Å². The molecule has 1 aromatic rings. The first-order valence-electron chi connectivity index (χ1n) is 6.62. The molecule has 3 heteroatoms. The summed E-state index contributed by atoms with van der Waals surface area (Å²) in [6.07, 6.45) is -0.414. The highest BCUT2D eigenvalue weighted by molar-refractivity contribution is 5.28. The second-order valence-corrected chi connectivity index (χ2v) is 5.31. The van der Waals surface area contributed by atoms with E-state index in [9.17, 15) is 5.11 Å². The minimum atomic E-state index is -0.414. The molecule has 1 atom stereocenters. The molecule has 0 aliphatic carbocycles. The molecule has 0 radical (unpaired) electrons. The SMILES string of the molecule is CC(C)NCc1cccc(OCC(O)C(C)C)c1. The standard InChI is InChI=1S/C15H25NO2/c1-11(2)15(17)10-18-14-7-5-6-13(8-14)9-16-12(3)4/h5-8,11-12,15-17H,9-10H2,1-4H3. The Labute approximate surface area is 110 Å². The molecule has 0 amide bonds. The van der Waals surface area contributed by atoms with Crippen LogP contribution in [0.1, 0.15) is 33.3 Å². The Balaban J connectivity index is 2.49. The molecule has 0 aliphatic heterocycles. The minimum absolute atomic E-state index is 0.218. The van der Waals surface area contributed by atoms with Crippen LogP contribution in [0.5, 0.6) is 5.75 Å². The van der Waals surface area contributed by atoms with E-state index < -0.39 is 6.10 Å². The predicted molar refractivity (Wildman–Crippen MR) is 74.8 cm³/mol. The van der Waals surface area contributed by atoms with Crippen molar-refractivity contribution in [2.75, 3.05) is 6.61 Å². The van der Waals surface area contributed by atoms with Gasteiger partial charge in [0, 0.05) is 12.6 Å². The lowest BCUT2D eigenvalue weighted by molar-refractivity contribution is 0.0701. The monoisotopic (exact) mass is 251 g/mol.